The van der Waals surface area contributed by atoms with E-state index in [1.807, 2.05) is 18.7 Å². The van der Waals surface area contributed by atoms with E-state index in [4.69, 9.17) is 5.73 Å². The average Bonchev–Trinajstić information content (AvgIpc) is 2.53. The van der Waals surface area contributed by atoms with E-state index >= 15 is 0 Å². The molecule has 0 spiro atoms. The van der Waals surface area contributed by atoms with E-state index in [1.165, 1.54) is 0 Å². The van der Waals surface area contributed by atoms with Crippen LogP contribution in [0, 0.1) is 23.7 Å². The lowest BCUT2D eigenvalue weighted by Crippen LogP contribution is -2.45. The van der Waals surface area contributed by atoms with E-state index in [0.717, 1.165) is 38.6 Å². The maximum Gasteiger partial charge on any atom is 0.225 e. The van der Waals surface area contributed by atoms with Gasteiger partial charge in [-0.1, -0.05) is 20.3 Å². The van der Waals surface area contributed by atoms with E-state index < -0.39 is 0 Å². The zero-order chi connectivity index (χ0) is 16.3. The Morgan fingerprint density at radius 1 is 1.00 bits per heavy atom. The molecule has 0 aromatic heterocycles. The van der Waals surface area contributed by atoms with Crippen LogP contribution in [-0.2, 0) is 14.4 Å². The van der Waals surface area contributed by atoms with Gasteiger partial charge in [0, 0.05) is 36.8 Å². The highest BCUT2D eigenvalue weighted by Crippen LogP contribution is 2.33. The Bertz CT molecular complexity index is 447. The number of ketones is 1. The second-order valence-corrected chi connectivity index (χ2v) is 7.14. The van der Waals surface area contributed by atoms with Crippen molar-refractivity contribution < 1.29 is 14.4 Å². The first-order valence-corrected chi connectivity index (χ1v) is 8.52. The van der Waals surface area contributed by atoms with Crippen LogP contribution in [0.15, 0.2) is 0 Å². The zero-order valence-corrected chi connectivity index (χ0v) is 13.7. The van der Waals surface area contributed by atoms with Crippen molar-refractivity contribution in [1.82, 2.24) is 4.90 Å². The fourth-order valence-electron chi connectivity index (χ4n) is 3.81. The summed E-state index contributed by atoms with van der Waals surface area (Å²) in [6, 6.07) is 0. The summed E-state index contributed by atoms with van der Waals surface area (Å²) in [6.45, 7) is 5.10. The topological polar surface area (TPSA) is 80.5 Å². The Balaban J connectivity index is 1.96. The highest BCUT2D eigenvalue weighted by Gasteiger charge is 2.36. The maximum absolute atomic E-state index is 12.8. The van der Waals surface area contributed by atoms with Gasteiger partial charge in [-0.05, 0) is 32.1 Å². The summed E-state index contributed by atoms with van der Waals surface area (Å²) < 4.78 is 0. The number of carbonyl (C=O) groups is 3. The molecule has 2 amide bonds. The van der Waals surface area contributed by atoms with Crippen LogP contribution in [-0.4, -0.2) is 35.6 Å². The smallest absolute Gasteiger partial charge is 0.225 e. The third kappa shape index (κ3) is 3.87. The molecule has 22 heavy (non-hydrogen) atoms. The molecule has 1 heterocycles. The molecule has 0 radical (unpaired) electrons. The van der Waals surface area contributed by atoms with Crippen LogP contribution in [0.4, 0.5) is 0 Å². The Morgan fingerprint density at radius 3 is 2.27 bits per heavy atom. The molecule has 5 heteroatoms. The number of rotatable bonds is 4. The molecule has 1 saturated carbocycles. The van der Waals surface area contributed by atoms with Crippen molar-refractivity contribution in [2.24, 2.45) is 29.4 Å². The van der Waals surface area contributed by atoms with Crippen LogP contribution >= 0.6 is 0 Å². The van der Waals surface area contributed by atoms with Gasteiger partial charge in [0.2, 0.25) is 11.8 Å². The minimum atomic E-state index is -0.280. The summed E-state index contributed by atoms with van der Waals surface area (Å²) >= 11 is 0. The third-order valence-corrected chi connectivity index (χ3v) is 5.11. The van der Waals surface area contributed by atoms with Gasteiger partial charge in [-0.25, -0.2) is 0 Å². The van der Waals surface area contributed by atoms with Gasteiger partial charge in [-0.15, -0.1) is 0 Å². The van der Waals surface area contributed by atoms with Crippen LogP contribution in [0.5, 0.6) is 0 Å². The lowest BCUT2D eigenvalue weighted by molar-refractivity contribution is -0.139. The highest BCUT2D eigenvalue weighted by molar-refractivity contribution is 5.86. The van der Waals surface area contributed by atoms with Gasteiger partial charge in [-0.3, -0.25) is 14.4 Å². The maximum atomic E-state index is 12.8. The van der Waals surface area contributed by atoms with E-state index in [2.05, 4.69) is 0 Å². The Hall–Kier alpha value is -1.39. The molecule has 1 aliphatic carbocycles. The molecule has 124 valence electrons. The molecule has 0 bridgehead atoms. The van der Waals surface area contributed by atoms with Crippen LogP contribution in [0.3, 0.4) is 0 Å². The largest absolute Gasteiger partial charge is 0.369 e. The van der Waals surface area contributed by atoms with Crippen molar-refractivity contribution in [3.63, 3.8) is 0 Å². The number of primary amides is 1. The van der Waals surface area contributed by atoms with Crippen LogP contribution in [0.25, 0.3) is 0 Å². The molecule has 0 aromatic rings. The van der Waals surface area contributed by atoms with Crippen molar-refractivity contribution in [1.29, 1.82) is 0 Å². The molecule has 1 saturated heterocycles. The predicted octanol–water partition coefficient (Wildman–Crippen LogP) is 1.74. The van der Waals surface area contributed by atoms with Crippen LogP contribution in [0.2, 0.25) is 0 Å². The van der Waals surface area contributed by atoms with Crippen molar-refractivity contribution in [2.75, 3.05) is 13.1 Å². The van der Waals surface area contributed by atoms with Crippen molar-refractivity contribution >= 4 is 17.6 Å². The second kappa shape index (κ2) is 7.25. The van der Waals surface area contributed by atoms with Gasteiger partial charge in [0.25, 0.3) is 0 Å². The summed E-state index contributed by atoms with van der Waals surface area (Å²) in [4.78, 5) is 38.1. The zero-order valence-electron chi connectivity index (χ0n) is 13.7. The molecule has 2 fully saturated rings. The van der Waals surface area contributed by atoms with Crippen molar-refractivity contribution in [3.8, 4) is 0 Å². The predicted molar refractivity (Wildman–Crippen MR) is 83.8 cm³/mol. The van der Waals surface area contributed by atoms with Crippen molar-refractivity contribution in [2.45, 2.75) is 52.4 Å². The standard InChI is InChI=1S/C17H28N2O3/c1-11(2)17(22)19-8-4-7-14(10-19)15(20)12-5-3-6-13(9-12)16(18)21/h11-14H,3-10H2,1-2H3,(H2,18,21). The lowest BCUT2D eigenvalue weighted by Gasteiger charge is -2.36. The fraction of sp³-hybridized carbons (Fsp3) is 0.824. The number of hydrogen-bond donors (Lipinski definition) is 1. The van der Waals surface area contributed by atoms with Gasteiger partial charge in [0.1, 0.15) is 5.78 Å². The number of hydrogen-bond acceptors (Lipinski definition) is 3. The number of piperidine rings is 1. The van der Waals surface area contributed by atoms with Crippen LogP contribution in [0.1, 0.15) is 52.4 Å². The number of carbonyl (C=O) groups excluding carboxylic acids is 3. The minimum absolute atomic E-state index is 0.0252. The van der Waals surface area contributed by atoms with E-state index in [-0.39, 0.29) is 41.3 Å². The number of likely N-dealkylation sites (tertiary alicyclic amines) is 1. The first kappa shape index (κ1) is 17.0. The Kier molecular flexibility index (Phi) is 5.59. The normalized spacial score (nSPS) is 29.4. The summed E-state index contributed by atoms with van der Waals surface area (Å²) in [5.41, 5.74) is 5.40. The molecule has 3 unspecified atom stereocenters. The molecule has 0 aromatic carbocycles. The first-order chi connectivity index (χ1) is 10.4. The molecular formula is C17H28N2O3. The summed E-state index contributed by atoms with van der Waals surface area (Å²) in [6.07, 6.45) is 4.91. The van der Waals surface area contributed by atoms with E-state index in [0.29, 0.717) is 13.0 Å². The van der Waals surface area contributed by atoms with E-state index in [1.54, 1.807) is 0 Å². The van der Waals surface area contributed by atoms with Gasteiger partial charge in [0.05, 0.1) is 0 Å². The third-order valence-electron chi connectivity index (χ3n) is 5.11. The molecule has 1 aliphatic heterocycles. The molecule has 2 rings (SSSR count). The summed E-state index contributed by atoms with van der Waals surface area (Å²) in [5, 5.41) is 0. The number of nitrogens with zero attached hydrogens (tertiary/aromatic N) is 1. The first-order valence-electron chi connectivity index (χ1n) is 8.52. The number of Topliss-reactive ketones (excluding diaryl/α,β-unsaturated/α-hetero) is 1. The lowest BCUT2D eigenvalue weighted by atomic mass is 9.75. The molecule has 2 aliphatic rings. The SMILES string of the molecule is CC(C)C(=O)N1CCCC(C(=O)C2CCCC(C(N)=O)C2)C1. The number of nitrogens with two attached hydrogens (primary N) is 1. The Labute approximate surface area is 132 Å². The van der Waals surface area contributed by atoms with Crippen molar-refractivity contribution in [3.05, 3.63) is 0 Å². The molecule has 2 N–H and O–H groups in total. The van der Waals surface area contributed by atoms with Gasteiger partial charge < -0.3 is 10.6 Å². The molecular weight excluding hydrogens is 280 g/mol. The second-order valence-electron chi connectivity index (χ2n) is 7.14. The monoisotopic (exact) mass is 308 g/mol. The van der Waals surface area contributed by atoms with Gasteiger partial charge in [-0.2, -0.15) is 0 Å². The quantitative estimate of drug-likeness (QED) is 0.859. The highest BCUT2D eigenvalue weighted by atomic mass is 16.2. The minimum Gasteiger partial charge on any atom is -0.369 e. The summed E-state index contributed by atoms with van der Waals surface area (Å²) in [5.74, 6) is -0.193. The van der Waals surface area contributed by atoms with Gasteiger partial charge in [0.15, 0.2) is 0 Å². The van der Waals surface area contributed by atoms with E-state index in [9.17, 15) is 14.4 Å². The molecule has 3 atom stereocenters. The average molecular weight is 308 g/mol. The summed E-state index contributed by atoms with van der Waals surface area (Å²) in [7, 11) is 0. The van der Waals surface area contributed by atoms with Crippen LogP contribution < -0.4 is 5.73 Å². The fourth-order valence-corrected chi connectivity index (χ4v) is 3.81. The molecule has 5 nitrogen and oxygen atoms in total. The Morgan fingerprint density at radius 2 is 1.64 bits per heavy atom. The number of amides is 2. The van der Waals surface area contributed by atoms with Gasteiger partial charge >= 0.3 is 0 Å².